The molecule has 6 nitrogen and oxygen atoms in total. The second kappa shape index (κ2) is 8.32. The molecule has 0 heterocycles. The summed E-state index contributed by atoms with van der Waals surface area (Å²) in [5, 5.41) is 0. The number of methoxy groups -OCH3 is 1. The summed E-state index contributed by atoms with van der Waals surface area (Å²) in [6, 6.07) is 16.0. The molecule has 0 fully saturated rings. The van der Waals surface area contributed by atoms with E-state index < -0.39 is 21.8 Å². The highest BCUT2D eigenvalue weighted by atomic mass is 32.2. The van der Waals surface area contributed by atoms with E-state index in [2.05, 4.69) is 4.72 Å². The fourth-order valence-corrected chi connectivity index (χ4v) is 3.68. The summed E-state index contributed by atoms with van der Waals surface area (Å²) in [5.74, 6) is -0.406. The lowest BCUT2D eigenvalue weighted by molar-refractivity contribution is 0.0729. The molecule has 3 rings (SSSR count). The molecule has 150 valence electrons. The molecule has 3 aromatic carbocycles. The van der Waals surface area contributed by atoms with Gasteiger partial charge in [-0.3, -0.25) is 4.72 Å². The van der Waals surface area contributed by atoms with Crippen molar-refractivity contribution in [3.63, 3.8) is 0 Å². The van der Waals surface area contributed by atoms with Gasteiger partial charge in [0.2, 0.25) is 0 Å². The van der Waals surface area contributed by atoms with Gasteiger partial charge in [-0.2, -0.15) is 0 Å². The minimum absolute atomic E-state index is 0.0592. The number of ether oxygens (including phenoxy) is 2. The van der Waals surface area contributed by atoms with Crippen LogP contribution in [0.4, 0.5) is 10.1 Å². The van der Waals surface area contributed by atoms with E-state index in [-0.39, 0.29) is 27.5 Å². The zero-order chi connectivity index (χ0) is 21.0. The van der Waals surface area contributed by atoms with Crippen LogP contribution in [0.2, 0.25) is 0 Å². The van der Waals surface area contributed by atoms with Crippen molar-refractivity contribution >= 4 is 21.7 Å². The number of esters is 1. The zero-order valence-corrected chi connectivity index (χ0v) is 16.5. The lowest BCUT2D eigenvalue weighted by atomic mass is 10.2. The molecule has 0 amide bonds. The van der Waals surface area contributed by atoms with Crippen molar-refractivity contribution in [2.45, 2.75) is 11.8 Å². The summed E-state index contributed by atoms with van der Waals surface area (Å²) in [7, 11) is -2.42. The predicted octanol–water partition coefficient (Wildman–Crippen LogP) is 4.16. The van der Waals surface area contributed by atoms with Gasteiger partial charge in [0, 0.05) is 5.69 Å². The largest absolute Gasteiger partial charge is 0.493 e. The van der Waals surface area contributed by atoms with Crippen molar-refractivity contribution in [1.29, 1.82) is 0 Å². The molecule has 0 saturated carbocycles. The average molecular weight is 415 g/mol. The van der Waals surface area contributed by atoms with Crippen LogP contribution in [-0.4, -0.2) is 21.5 Å². The summed E-state index contributed by atoms with van der Waals surface area (Å²) in [6.45, 7) is 1.48. The van der Waals surface area contributed by atoms with Crippen molar-refractivity contribution in [2.24, 2.45) is 0 Å². The number of carbonyl (C=O) groups is 1. The molecule has 0 bridgehead atoms. The Morgan fingerprint density at radius 3 is 2.24 bits per heavy atom. The second-order valence-electron chi connectivity index (χ2n) is 6.13. The number of hydrogen-bond acceptors (Lipinski definition) is 5. The van der Waals surface area contributed by atoms with Gasteiger partial charge in [-0.15, -0.1) is 0 Å². The Balaban J connectivity index is 1.74. The maximum atomic E-state index is 13.4. The molecule has 0 radical (unpaired) electrons. The van der Waals surface area contributed by atoms with Crippen molar-refractivity contribution in [2.75, 3.05) is 11.8 Å². The highest BCUT2D eigenvalue weighted by Gasteiger charge is 2.17. The van der Waals surface area contributed by atoms with Crippen LogP contribution in [0.15, 0.2) is 71.6 Å². The van der Waals surface area contributed by atoms with E-state index >= 15 is 0 Å². The van der Waals surface area contributed by atoms with Crippen LogP contribution in [0.1, 0.15) is 15.9 Å². The molecule has 3 aromatic rings. The summed E-state index contributed by atoms with van der Waals surface area (Å²) in [4.78, 5) is 12.3. The normalized spacial score (nSPS) is 11.0. The van der Waals surface area contributed by atoms with Crippen LogP contribution in [0.25, 0.3) is 0 Å². The van der Waals surface area contributed by atoms with Gasteiger partial charge < -0.3 is 9.47 Å². The Bertz CT molecular complexity index is 1140. The Hall–Kier alpha value is -3.39. The molecule has 0 atom stereocenters. The minimum atomic E-state index is -3.89. The van der Waals surface area contributed by atoms with Crippen LogP contribution in [0.5, 0.6) is 11.5 Å². The van der Waals surface area contributed by atoms with Gasteiger partial charge in [0.05, 0.1) is 17.6 Å². The van der Waals surface area contributed by atoms with Crippen LogP contribution < -0.4 is 14.2 Å². The first-order valence-corrected chi connectivity index (χ1v) is 10.0. The van der Waals surface area contributed by atoms with Crippen LogP contribution in [0.3, 0.4) is 0 Å². The number of aryl methyl sites for hydroxylation is 1. The zero-order valence-electron chi connectivity index (χ0n) is 15.7. The van der Waals surface area contributed by atoms with E-state index in [1.165, 1.54) is 50.4 Å². The number of benzene rings is 3. The van der Waals surface area contributed by atoms with Gasteiger partial charge in [0.1, 0.15) is 5.82 Å². The van der Waals surface area contributed by atoms with Gasteiger partial charge in [0.15, 0.2) is 11.5 Å². The number of para-hydroxylation sites is 2. The maximum absolute atomic E-state index is 13.4. The van der Waals surface area contributed by atoms with Gasteiger partial charge >= 0.3 is 5.97 Å². The molecule has 0 aliphatic rings. The third kappa shape index (κ3) is 4.72. The fourth-order valence-electron chi connectivity index (χ4n) is 2.53. The first kappa shape index (κ1) is 20.3. The molecule has 0 aromatic heterocycles. The molecule has 8 heteroatoms. The van der Waals surface area contributed by atoms with Gasteiger partial charge in [-0.25, -0.2) is 17.6 Å². The Labute approximate surface area is 168 Å². The Kier molecular flexibility index (Phi) is 5.84. The number of carbonyl (C=O) groups excluding carboxylic acids is 1. The van der Waals surface area contributed by atoms with Crippen LogP contribution in [0, 0.1) is 12.7 Å². The molecule has 0 saturated heterocycles. The third-order valence-electron chi connectivity index (χ3n) is 4.08. The lowest BCUT2D eigenvalue weighted by Gasteiger charge is -2.11. The smallest absolute Gasteiger partial charge is 0.343 e. The Morgan fingerprint density at radius 2 is 1.62 bits per heavy atom. The summed E-state index contributed by atoms with van der Waals surface area (Å²) < 4.78 is 51.1. The first-order chi connectivity index (χ1) is 13.8. The average Bonchev–Trinajstić information content (AvgIpc) is 2.70. The van der Waals surface area contributed by atoms with E-state index in [9.17, 15) is 17.6 Å². The molecular formula is C21H18FNO5S. The summed E-state index contributed by atoms with van der Waals surface area (Å²) in [5.41, 5.74) is 0.708. The minimum Gasteiger partial charge on any atom is -0.493 e. The number of rotatable bonds is 6. The molecule has 0 unspecified atom stereocenters. The topological polar surface area (TPSA) is 81.7 Å². The van der Waals surface area contributed by atoms with Crippen molar-refractivity contribution in [1.82, 2.24) is 0 Å². The number of sulfonamides is 1. The molecule has 1 N–H and O–H groups in total. The van der Waals surface area contributed by atoms with E-state index in [1.54, 1.807) is 24.3 Å². The van der Waals surface area contributed by atoms with E-state index in [0.29, 0.717) is 5.75 Å². The number of hydrogen-bond donors (Lipinski definition) is 1. The van der Waals surface area contributed by atoms with Gasteiger partial charge in [0.25, 0.3) is 10.0 Å². The lowest BCUT2D eigenvalue weighted by Crippen LogP contribution is -2.14. The third-order valence-corrected chi connectivity index (χ3v) is 5.46. The first-order valence-electron chi connectivity index (χ1n) is 8.54. The molecule has 0 aliphatic carbocycles. The SMILES string of the molecule is COc1ccccc1OC(=O)c1ccc(NS(=O)(=O)c2ccc(F)c(C)c2)cc1. The van der Waals surface area contributed by atoms with Crippen molar-refractivity contribution in [3.8, 4) is 11.5 Å². The summed E-state index contributed by atoms with van der Waals surface area (Å²) >= 11 is 0. The quantitative estimate of drug-likeness (QED) is 0.483. The highest BCUT2D eigenvalue weighted by Crippen LogP contribution is 2.27. The van der Waals surface area contributed by atoms with E-state index in [1.807, 2.05) is 0 Å². The number of nitrogens with one attached hydrogen (secondary N) is 1. The molecule has 29 heavy (non-hydrogen) atoms. The van der Waals surface area contributed by atoms with Crippen molar-refractivity contribution in [3.05, 3.63) is 83.7 Å². The molecule has 0 spiro atoms. The molecule has 0 aliphatic heterocycles. The monoisotopic (exact) mass is 415 g/mol. The number of halogens is 1. The van der Waals surface area contributed by atoms with Crippen LogP contribution in [-0.2, 0) is 10.0 Å². The Morgan fingerprint density at radius 1 is 0.966 bits per heavy atom. The summed E-state index contributed by atoms with van der Waals surface area (Å²) in [6.07, 6.45) is 0. The molecular weight excluding hydrogens is 397 g/mol. The van der Waals surface area contributed by atoms with E-state index in [4.69, 9.17) is 9.47 Å². The second-order valence-corrected chi connectivity index (χ2v) is 7.82. The fraction of sp³-hybridized carbons (Fsp3) is 0.0952. The van der Waals surface area contributed by atoms with Gasteiger partial charge in [-0.1, -0.05) is 12.1 Å². The number of anilines is 1. The van der Waals surface area contributed by atoms with Gasteiger partial charge in [-0.05, 0) is 67.1 Å². The van der Waals surface area contributed by atoms with E-state index in [0.717, 1.165) is 6.07 Å². The van der Waals surface area contributed by atoms with Crippen LogP contribution >= 0.6 is 0 Å². The standard InChI is InChI=1S/C21H18FNO5S/c1-14-13-17(11-12-18(14)22)29(25,26)23-16-9-7-15(8-10-16)21(24)28-20-6-4-3-5-19(20)27-2/h3-13,23H,1-2H3. The van der Waals surface area contributed by atoms with Crippen molar-refractivity contribution < 1.29 is 27.1 Å². The maximum Gasteiger partial charge on any atom is 0.343 e. The predicted molar refractivity (Wildman–Crippen MR) is 106 cm³/mol. The highest BCUT2D eigenvalue weighted by molar-refractivity contribution is 7.92.